The SMILES string of the molecule is C[C@@H]1CN(c2nccc3nc(CN(C)C4CCCc5cccnc54)cn23)C[C@H](C)N1. The van der Waals surface area contributed by atoms with Crippen molar-refractivity contribution >= 4 is 11.6 Å². The van der Waals surface area contributed by atoms with Gasteiger partial charge in [0.05, 0.1) is 17.4 Å². The van der Waals surface area contributed by atoms with E-state index in [4.69, 9.17) is 15.0 Å². The van der Waals surface area contributed by atoms with Gasteiger partial charge in [-0.3, -0.25) is 14.3 Å². The van der Waals surface area contributed by atoms with Gasteiger partial charge in [0.25, 0.3) is 0 Å². The maximum atomic E-state index is 4.92. The van der Waals surface area contributed by atoms with Gasteiger partial charge in [0.2, 0.25) is 5.95 Å². The van der Waals surface area contributed by atoms with Crippen LogP contribution in [0.15, 0.2) is 36.8 Å². The maximum Gasteiger partial charge on any atom is 0.211 e. The lowest BCUT2D eigenvalue weighted by atomic mass is 9.91. The lowest BCUT2D eigenvalue weighted by molar-refractivity contribution is 0.206. The van der Waals surface area contributed by atoms with E-state index < -0.39 is 0 Å². The zero-order valence-electron chi connectivity index (χ0n) is 18.1. The molecule has 3 aromatic heterocycles. The van der Waals surface area contributed by atoms with Crippen molar-refractivity contribution in [1.29, 1.82) is 0 Å². The third-order valence-corrected chi connectivity index (χ3v) is 6.36. The Morgan fingerprint density at radius 3 is 2.80 bits per heavy atom. The first kappa shape index (κ1) is 19.5. The van der Waals surface area contributed by atoms with Gasteiger partial charge in [0.1, 0.15) is 5.65 Å². The molecule has 7 nitrogen and oxygen atoms in total. The van der Waals surface area contributed by atoms with Crippen LogP contribution in [0.25, 0.3) is 5.65 Å². The molecule has 0 amide bonds. The van der Waals surface area contributed by atoms with E-state index in [9.17, 15) is 0 Å². The Labute approximate surface area is 178 Å². The van der Waals surface area contributed by atoms with Gasteiger partial charge in [0, 0.05) is 50.3 Å². The van der Waals surface area contributed by atoms with Crippen molar-refractivity contribution in [3.8, 4) is 0 Å². The summed E-state index contributed by atoms with van der Waals surface area (Å²) in [5.41, 5.74) is 4.67. The van der Waals surface area contributed by atoms with Crippen LogP contribution in [0.1, 0.15) is 49.7 Å². The number of hydrogen-bond donors (Lipinski definition) is 1. The molecular formula is C23H31N7. The summed E-state index contributed by atoms with van der Waals surface area (Å²) in [6, 6.07) is 7.51. The van der Waals surface area contributed by atoms with Crippen molar-refractivity contribution in [2.45, 2.75) is 57.8 Å². The first-order chi connectivity index (χ1) is 14.6. The van der Waals surface area contributed by atoms with Gasteiger partial charge in [-0.05, 0) is 57.9 Å². The highest BCUT2D eigenvalue weighted by molar-refractivity contribution is 5.48. The maximum absolute atomic E-state index is 4.92. The number of anilines is 1. The molecule has 1 unspecified atom stereocenters. The van der Waals surface area contributed by atoms with Gasteiger partial charge in [-0.2, -0.15) is 0 Å². The Bertz CT molecular complexity index is 1020. The molecule has 0 spiro atoms. The molecule has 2 aliphatic rings. The average molecular weight is 406 g/mol. The van der Waals surface area contributed by atoms with Crippen molar-refractivity contribution in [2.75, 3.05) is 25.0 Å². The van der Waals surface area contributed by atoms with Crippen molar-refractivity contribution in [2.24, 2.45) is 0 Å². The molecule has 0 saturated carbocycles. The highest BCUT2D eigenvalue weighted by atomic mass is 15.3. The Kier molecular flexibility index (Phi) is 5.16. The minimum Gasteiger partial charge on any atom is -0.339 e. The lowest BCUT2D eigenvalue weighted by Gasteiger charge is -2.36. The summed E-state index contributed by atoms with van der Waals surface area (Å²) in [5.74, 6) is 0.985. The Balaban J connectivity index is 1.40. The number of piperazine rings is 1. The van der Waals surface area contributed by atoms with Crippen LogP contribution in [0.5, 0.6) is 0 Å². The summed E-state index contributed by atoms with van der Waals surface area (Å²) in [5, 5.41) is 3.60. The zero-order valence-corrected chi connectivity index (χ0v) is 18.1. The van der Waals surface area contributed by atoms with Crippen LogP contribution in [-0.2, 0) is 13.0 Å². The van der Waals surface area contributed by atoms with Crippen molar-refractivity contribution in [3.63, 3.8) is 0 Å². The second-order valence-corrected chi connectivity index (χ2v) is 8.95. The van der Waals surface area contributed by atoms with Crippen LogP contribution < -0.4 is 10.2 Å². The van der Waals surface area contributed by atoms with Gasteiger partial charge >= 0.3 is 0 Å². The van der Waals surface area contributed by atoms with E-state index in [1.165, 1.54) is 17.7 Å². The third-order valence-electron chi connectivity index (χ3n) is 6.36. The molecule has 1 N–H and O–H groups in total. The molecule has 158 valence electrons. The van der Waals surface area contributed by atoms with E-state index in [-0.39, 0.29) is 0 Å². The summed E-state index contributed by atoms with van der Waals surface area (Å²) >= 11 is 0. The number of nitrogens with zero attached hydrogens (tertiary/aromatic N) is 6. The Hall–Kier alpha value is -2.51. The van der Waals surface area contributed by atoms with E-state index in [1.54, 1.807) is 0 Å². The van der Waals surface area contributed by atoms with Crippen LogP contribution in [0, 0.1) is 0 Å². The van der Waals surface area contributed by atoms with Gasteiger partial charge in [-0.1, -0.05) is 6.07 Å². The number of hydrogen-bond acceptors (Lipinski definition) is 6. The molecule has 7 heteroatoms. The van der Waals surface area contributed by atoms with Gasteiger partial charge < -0.3 is 10.2 Å². The number of pyridine rings is 1. The summed E-state index contributed by atoms with van der Waals surface area (Å²) in [6.07, 6.45) is 9.46. The molecule has 1 saturated heterocycles. The molecule has 4 heterocycles. The zero-order chi connectivity index (χ0) is 20.7. The second-order valence-electron chi connectivity index (χ2n) is 8.95. The number of aryl methyl sites for hydroxylation is 1. The molecular weight excluding hydrogens is 374 g/mol. The number of rotatable bonds is 4. The summed E-state index contributed by atoms with van der Waals surface area (Å²) < 4.78 is 2.15. The van der Waals surface area contributed by atoms with Crippen molar-refractivity contribution < 1.29 is 0 Å². The number of imidazole rings is 1. The molecule has 5 rings (SSSR count). The van der Waals surface area contributed by atoms with Crippen LogP contribution in [0.2, 0.25) is 0 Å². The standard InChI is InChI=1S/C23H31N7/c1-16-12-29(13-17(2)26-16)23-25-11-9-21-27-19(15-30(21)23)14-28(3)20-8-4-6-18-7-5-10-24-22(18)20/h5,7,9-11,15-17,20,26H,4,6,8,12-14H2,1-3H3/t16-,17+,20?. The molecule has 1 aliphatic heterocycles. The summed E-state index contributed by atoms with van der Waals surface area (Å²) in [4.78, 5) is 19.1. The number of fused-ring (bicyclic) bond motifs is 2. The summed E-state index contributed by atoms with van der Waals surface area (Å²) in [6.45, 7) is 7.17. The van der Waals surface area contributed by atoms with E-state index in [1.807, 2.05) is 18.5 Å². The van der Waals surface area contributed by atoms with Crippen LogP contribution >= 0.6 is 0 Å². The molecule has 0 bridgehead atoms. The first-order valence-corrected chi connectivity index (χ1v) is 11.1. The molecule has 0 aromatic carbocycles. The summed E-state index contributed by atoms with van der Waals surface area (Å²) in [7, 11) is 2.19. The molecule has 0 radical (unpaired) electrons. The monoisotopic (exact) mass is 405 g/mol. The first-order valence-electron chi connectivity index (χ1n) is 11.1. The van der Waals surface area contributed by atoms with E-state index >= 15 is 0 Å². The molecule has 1 fully saturated rings. The second kappa shape index (κ2) is 7.96. The van der Waals surface area contributed by atoms with Gasteiger partial charge in [-0.15, -0.1) is 0 Å². The number of nitrogens with one attached hydrogen (secondary N) is 1. The smallest absolute Gasteiger partial charge is 0.211 e. The fourth-order valence-corrected chi connectivity index (χ4v) is 5.14. The predicted octanol–water partition coefficient (Wildman–Crippen LogP) is 2.82. The lowest BCUT2D eigenvalue weighted by Crippen LogP contribution is -2.54. The van der Waals surface area contributed by atoms with E-state index in [2.05, 4.69) is 58.7 Å². The topological polar surface area (TPSA) is 61.6 Å². The Morgan fingerprint density at radius 2 is 1.97 bits per heavy atom. The highest BCUT2D eigenvalue weighted by Crippen LogP contribution is 2.32. The van der Waals surface area contributed by atoms with E-state index in [0.29, 0.717) is 18.1 Å². The van der Waals surface area contributed by atoms with Crippen LogP contribution in [0.3, 0.4) is 0 Å². The fraction of sp³-hybridized carbons (Fsp3) is 0.522. The Morgan fingerprint density at radius 1 is 1.13 bits per heavy atom. The van der Waals surface area contributed by atoms with Crippen molar-refractivity contribution in [3.05, 3.63) is 53.7 Å². The predicted molar refractivity (Wildman–Crippen MR) is 119 cm³/mol. The number of aromatic nitrogens is 4. The van der Waals surface area contributed by atoms with Crippen LogP contribution in [0.4, 0.5) is 5.95 Å². The van der Waals surface area contributed by atoms with Crippen molar-refractivity contribution in [1.82, 2.24) is 29.6 Å². The highest BCUT2D eigenvalue weighted by Gasteiger charge is 2.26. The molecule has 1 aliphatic carbocycles. The largest absolute Gasteiger partial charge is 0.339 e. The molecule has 30 heavy (non-hydrogen) atoms. The van der Waals surface area contributed by atoms with Gasteiger partial charge in [-0.25, -0.2) is 9.97 Å². The normalized spacial score (nSPS) is 24.4. The fourth-order valence-electron chi connectivity index (χ4n) is 5.14. The third kappa shape index (κ3) is 3.68. The van der Waals surface area contributed by atoms with E-state index in [0.717, 1.165) is 49.8 Å². The van der Waals surface area contributed by atoms with Gasteiger partial charge in [0.15, 0.2) is 0 Å². The van der Waals surface area contributed by atoms with Crippen LogP contribution in [-0.4, -0.2) is 56.5 Å². The quantitative estimate of drug-likeness (QED) is 0.720. The minimum absolute atomic E-state index is 0.354. The molecule has 3 atom stereocenters. The molecule has 3 aromatic rings. The minimum atomic E-state index is 0.354. The average Bonchev–Trinajstić information content (AvgIpc) is 3.15.